The number of methoxy groups -OCH3 is 1. The molecule has 0 unspecified atom stereocenters. The second kappa shape index (κ2) is 6.76. The molecular weight excluding hydrogens is 328 g/mol. The van der Waals surface area contributed by atoms with Gasteiger partial charge in [-0.25, -0.2) is 4.68 Å². The van der Waals surface area contributed by atoms with Crippen LogP contribution in [-0.2, 0) is 6.54 Å². The molecule has 4 rings (SSSR count). The SMILES string of the molecule is COc1ccc(C(=O)C[n+]2ccc3c(c2)nnn3-c2ccccc2)cc1. The molecule has 6 nitrogen and oxygen atoms in total. The van der Waals surface area contributed by atoms with Crippen LogP contribution >= 0.6 is 0 Å². The van der Waals surface area contributed by atoms with Gasteiger partial charge in [0, 0.05) is 11.6 Å². The van der Waals surface area contributed by atoms with Crippen molar-refractivity contribution in [2.75, 3.05) is 7.11 Å². The number of pyridine rings is 1. The number of hydrogen-bond donors (Lipinski definition) is 0. The van der Waals surface area contributed by atoms with E-state index in [4.69, 9.17) is 4.74 Å². The van der Waals surface area contributed by atoms with Gasteiger partial charge in [-0.3, -0.25) is 4.79 Å². The summed E-state index contributed by atoms with van der Waals surface area (Å²) < 4.78 is 8.72. The quantitative estimate of drug-likeness (QED) is 0.412. The summed E-state index contributed by atoms with van der Waals surface area (Å²) in [6.45, 7) is 0.237. The number of para-hydroxylation sites is 1. The smallest absolute Gasteiger partial charge is 0.227 e. The first kappa shape index (κ1) is 16.0. The maximum atomic E-state index is 12.5. The van der Waals surface area contributed by atoms with E-state index in [1.807, 2.05) is 53.4 Å². The predicted molar refractivity (Wildman–Crippen MR) is 96.4 cm³/mol. The van der Waals surface area contributed by atoms with Crippen LogP contribution in [0.25, 0.3) is 16.7 Å². The molecule has 0 bridgehead atoms. The van der Waals surface area contributed by atoms with Gasteiger partial charge in [0.15, 0.2) is 17.9 Å². The molecule has 0 spiro atoms. The maximum absolute atomic E-state index is 12.5. The van der Waals surface area contributed by atoms with E-state index in [0.717, 1.165) is 22.5 Å². The van der Waals surface area contributed by atoms with E-state index in [-0.39, 0.29) is 12.3 Å². The number of aromatic nitrogens is 4. The lowest BCUT2D eigenvalue weighted by Crippen LogP contribution is -2.37. The number of fused-ring (bicyclic) bond motifs is 1. The number of nitrogens with zero attached hydrogens (tertiary/aromatic N) is 4. The average Bonchev–Trinajstić information content (AvgIpc) is 3.12. The van der Waals surface area contributed by atoms with E-state index in [1.54, 1.807) is 36.1 Å². The molecule has 26 heavy (non-hydrogen) atoms. The third-order valence-electron chi connectivity index (χ3n) is 4.18. The third-order valence-corrected chi connectivity index (χ3v) is 4.18. The Morgan fingerprint density at radius 2 is 1.85 bits per heavy atom. The Labute approximate surface area is 150 Å². The Morgan fingerprint density at radius 3 is 2.58 bits per heavy atom. The minimum Gasteiger partial charge on any atom is -0.497 e. The molecule has 0 fully saturated rings. The van der Waals surface area contributed by atoms with Gasteiger partial charge in [0.2, 0.25) is 12.3 Å². The molecule has 0 N–H and O–H groups in total. The number of carbonyl (C=O) groups excluding carboxylic acids is 1. The molecule has 0 amide bonds. The van der Waals surface area contributed by atoms with Crippen LogP contribution in [0.1, 0.15) is 10.4 Å². The van der Waals surface area contributed by atoms with Crippen molar-refractivity contribution in [1.82, 2.24) is 15.0 Å². The van der Waals surface area contributed by atoms with Crippen molar-refractivity contribution in [3.8, 4) is 11.4 Å². The summed E-state index contributed by atoms with van der Waals surface area (Å²) in [5.41, 5.74) is 3.22. The largest absolute Gasteiger partial charge is 0.497 e. The summed E-state index contributed by atoms with van der Waals surface area (Å²) in [5.74, 6) is 0.751. The second-order valence-electron chi connectivity index (χ2n) is 5.88. The fraction of sp³-hybridized carbons (Fsp3) is 0.100. The van der Waals surface area contributed by atoms with Gasteiger partial charge in [0.05, 0.1) is 12.8 Å². The number of benzene rings is 2. The lowest BCUT2D eigenvalue weighted by molar-refractivity contribution is -0.681. The summed E-state index contributed by atoms with van der Waals surface area (Å²) in [6, 6.07) is 18.9. The molecule has 0 aliphatic rings. The molecule has 4 aromatic rings. The Bertz CT molecular complexity index is 1060. The van der Waals surface area contributed by atoms with Gasteiger partial charge >= 0.3 is 0 Å². The molecule has 0 aliphatic carbocycles. The number of ketones is 1. The molecule has 2 heterocycles. The Morgan fingerprint density at radius 1 is 1.08 bits per heavy atom. The van der Waals surface area contributed by atoms with E-state index in [0.29, 0.717) is 5.56 Å². The zero-order chi connectivity index (χ0) is 17.9. The fourth-order valence-electron chi connectivity index (χ4n) is 2.81. The van der Waals surface area contributed by atoms with Gasteiger partial charge in [-0.05, 0) is 36.4 Å². The highest BCUT2D eigenvalue weighted by molar-refractivity contribution is 5.95. The number of rotatable bonds is 5. The highest BCUT2D eigenvalue weighted by Gasteiger charge is 2.15. The average molecular weight is 345 g/mol. The molecule has 0 aliphatic heterocycles. The van der Waals surface area contributed by atoms with E-state index in [9.17, 15) is 4.79 Å². The Balaban J connectivity index is 1.59. The van der Waals surface area contributed by atoms with Crippen LogP contribution in [-0.4, -0.2) is 27.9 Å². The van der Waals surface area contributed by atoms with Crippen LogP contribution < -0.4 is 9.30 Å². The predicted octanol–water partition coefficient (Wildman–Crippen LogP) is 2.60. The minimum absolute atomic E-state index is 0.0208. The van der Waals surface area contributed by atoms with Crippen molar-refractivity contribution < 1.29 is 14.1 Å². The van der Waals surface area contributed by atoms with Crippen LogP contribution in [0.2, 0.25) is 0 Å². The molecule has 2 aromatic carbocycles. The lowest BCUT2D eigenvalue weighted by atomic mass is 10.1. The highest BCUT2D eigenvalue weighted by atomic mass is 16.5. The number of hydrogen-bond acceptors (Lipinski definition) is 4. The Kier molecular flexibility index (Phi) is 4.15. The standard InChI is InChI=1S/C20H17N4O2/c1-26-17-9-7-15(8-10-17)20(25)14-23-12-11-19-18(13-23)21-22-24(19)16-5-3-2-4-6-16/h2-13H,14H2,1H3/q+1. The normalized spacial score (nSPS) is 10.8. The van der Waals surface area contributed by atoms with Crippen molar-refractivity contribution in [3.05, 3.63) is 78.6 Å². The topological polar surface area (TPSA) is 60.9 Å². The molecule has 128 valence electrons. The summed E-state index contributed by atoms with van der Waals surface area (Å²) >= 11 is 0. The number of ether oxygens (including phenoxy) is 1. The van der Waals surface area contributed by atoms with Crippen LogP contribution in [0.15, 0.2) is 73.1 Å². The molecular formula is C20H17N4O2+. The zero-order valence-corrected chi connectivity index (χ0v) is 14.2. The number of Topliss-reactive ketones (excluding diaryl/α,β-unsaturated/α-hetero) is 1. The minimum atomic E-state index is 0.0208. The third kappa shape index (κ3) is 3.04. The highest BCUT2D eigenvalue weighted by Crippen LogP contribution is 2.14. The first-order chi connectivity index (χ1) is 12.7. The molecule has 0 atom stereocenters. The second-order valence-corrected chi connectivity index (χ2v) is 5.88. The van der Waals surface area contributed by atoms with E-state index in [2.05, 4.69) is 10.3 Å². The van der Waals surface area contributed by atoms with E-state index < -0.39 is 0 Å². The lowest BCUT2D eigenvalue weighted by Gasteiger charge is -2.02. The maximum Gasteiger partial charge on any atom is 0.227 e. The molecule has 6 heteroatoms. The van der Waals surface area contributed by atoms with Gasteiger partial charge < -0.3 is 4.74 Å². The van der Waals surface area contributed by atoms with Crippen molar-refractivity contribution >= 4 is 16.8 Å². The zero-order valence-electron chi connectivity index (χ0n) is 14.2. The first-order valence-corrected chi connectivity index (χ1v) is 8.22. The molecule has 0 saturated carbocycles. The molecule has 2 aromatic heterocycles. The van der Waals surface area contributed by atoms with Gasteiger partial charge in [-0.15, -0.1) is 5.10 Å². The summed E-state index contributed by atoms with van der Waals surface area (Å²) in [5, 5.41) is 8.44. The van der Waals surface area contributed by atoms with E-state index in [1.165, 1.54) is 0 Å². The van der Waals surface area contributed by atoms with Crippen molar-refractivity contribution in [2.45, 2.75) is 6.54 Å². The van der Waals surface area contributed by atoms with Gasteiger partial charge in [-0.2, -0.15) is 4.57 Å². The summed E-state index contributed by atoms with van der Waals surface area (Å²) in [4.78, 5) is 12.5. The monoisotopic (exact) mass is 345 g/mol. The number of carbonyl (C=O) groups is 1. The summed E-state index contributed by atoms with van der Waals surface area (Å²) in [6.07, 6.45) is 3.70. The van der Waals surface area contributed by atoms with Crippen LogP contribution in [0.4, 0.5) is 0 Å². The van der Waals surface area contributed by atoms with Gasteiger partial charge in [-0.1, -0.05) is 23.4 Å². The Hall–Kier alpha value is -3.54. The van der Waals surface area contributed by atoms with Crippen molar-refractivity contribution in [2.24, 2.45) is 0 Å². The van der Waals surface area contributed by atoms with Crippen molar-refractivity contribution in [1.29, 1.82) is 0 Å². The van der Waals surface area contributed by atoms with Gasteiger partial charge in [0.1, 0.15) is 11.3 Å². The van der Waals surface area contributed by atoms with E-state index >= 15 is 0 Å². The van der Waals surface area contributed by atoms with Crippen LogP contribution in [0.3, 0.4) is 0 Å². The molecule has 0 radical (unpaired) electrons. The fourth-order valence-corrected chi connectivity index (χ4v) is 2.81. The summed E-state index contributed by atoms with van der Waals surface area (Å²) in [7, 11) is 1.60. The van der Waals surface area contributed by atoms with Crippen LogP contribution in [0, 0.1) is 0 Å². The van der Waals surface area contributed by atoms with Crippen molar-refractivity contribution in [3.63, 3.8) is 0 Å². The van der Waals surface area contributed by atoms with Crippen LogP contribution in [0.5, 0.6) is 5.75 Å². The first-order valence-electron chi connectivity index (χ1n) is 8.22. The molecule has 0 saturated heterocycles. The van der Waals surface area contributed by atoms with Gasteiger partial charge in [0.25, 0.3) is 0 Å².